The molecule has 0 bridgehead atoms. The van der Waals surface area contributed by atoms with Gasteiger partial charge < -0.3 is 9.64 Å². The van der Waals surface area contributed by atoms with Crippen molar-refractivity contribution in [2.45, 2.75) is 25.7 Å². The molecular weight excluding hydrogens is 363 g/mol. The van der Waals surface area contributed by atoms with E-state index in [1.54, 1.807) is 34.6 Å². The molecule has 2 aromatic rings. The molecule has 2 amide bonds. The topological polar surface area (TPSA) is 78.9 Å². The number of rotatable bonds is 3. The van der Waals surface area contributed by atoms with Crippen LogP contribution >= 0.6 is 0 Å². The third-order valence-corrected chi connectivity index (χ3v) is 5.93. The van der Waals surface area contributed by atoms with Crippen molar-refractivity contribution in [3.63, 3.8) is 0 Å². The Kier molecular flexibility index (Phi) is 4.55. The highest BCUT2D eigenvalue weighted by atomic mass is 19.1. The number of hydrogen-bond donors (Lipinski definition) is 2. The zero-order valence-electron chi connectivity index (χ0n) is 15.5. The van der Waals surface area contributed by atoms with E-state index in [4.69, 9.17) is 9.94 Å². The fraction of sp³-hybridized carbons (Fsp3) is 0.333. The highest BCUT2D eigenvalue weighted by molar-refractivity contribution is 6.00. The summed E-state index contributed by atoms with van der Waals surface area (Å²) < 4.78 is 18.8. The maximum absolute atomic E-state index is 13.7. The number of carbonyl (C=O) groups excluding carboxylic acids is 2. The van der Waals surface area contributed by atoms with Crippen LogP contribution in [-0.4, -0.2) is 30.7 Å². The minimum Gasteiger partial charge on any atom is -0.494 e. The van der Waals surface area contributed by atoms with Gasteiger partial charge in [-0.05, 0) is 61.1 Å². The minimum absolute atomic E-state index is 0.0454. The van der Waals surface area contributed by atoms with Crippen molar-refractivity contribution in [2.75, 3.05) is 18.6 Å². The van der Waals surface area contributed by atoms with Gasteiger partial charge in [-0.15, -0.1) is 0 Å². The van der Waals surface area contributed by atoms with Gasteiger partial charge >= 0.3 is 0 Å². The Morgan fingerprint density at radius 2 is 2.04 bits per heavy atom. The quantitative estimate of drug-likeness (QED) is 0.630. The number of benzene rings is 2. The monoisotopic (exact) mass is 384 g/mol. The average molecular weight is 384 g/mol. The van der Waals surface area contributed by atoms with Gasteiger partial charge in [-0.2, -0.15) is 0 Å². The smallest absolute Gasteiger partial charge is 0.274 e. The number of nitrogens with zero attached hydrogens (tertiary/aromatic N) is 1. The van der Waals surface area contributed by atoms with Crippen LogP contribution in [0, 0.1) is 11.2 Å². The largest absolute Gasteiger partial charge is 0.494 e. The summed E-state index contributed by atoms with van der Waals surface area (Å²) in [7, 11) is 1.40. The Balaban J connectivity index is 1.59. The number of halogens is 1. The van der Waals surface area contributed by atoms with E-state index in [2.05, 4.69) is 0 Å². The number of ether oxygens (including phenoxy) is 1. The molecule has 1 atom stereocenters. The van der Waals surface area contributed by atoms with E-state index in [0.717, 1.165) is 17.5 Å². The zero-order chi connectivity index (χ0) is 19.9. The van der Waals surface area contributed by atoms with Crippen LogP contribution in [0.4, 0.5) is 10.1 Å². The number of anilines is 1. The molecular formula is C21H21FN2O4. The first-order valence-electron chi connectivity index (χ1n) is 9.19. The van der Waals surface area contributed by atoms with E-state index in [0.29, 0.717) is 37.1 Å². The van der Waals surface area contributed by atoms with Gasteiger partial charge in [-0.25, -0.2) is 9.87 Å². The molecule has 4 rings (SSSR count). The third-order valence-electron chi connectivity index (χ3n) is 5.93. The number of amides is 2. The molecule has 0 unspecified atom stereocenters. The fourth-order valence-electron chi connectivity index (χ4n) is 4.34. The number of carbonyl (C=O) groups is 2. The van der Waals surface area contributed by atoms with Gasteiger partial charge in [-0.3, -0.25) is 14.8 Å². The Bertz CT molecular complexity index is 961. The van der Waals surface area contributed by atoms with Gasteiger partial charge in [0.2, 0.25) is 5.91 Å². The van der Waals surface area contributed by atoms with E-state index in [1.165, 1.54) is 13.2 Å². The molecule has 1 fully saturated rings. The Morgan fingerprint density at radius 3 is 2.79 bits per heavy atom. The van der Waals surface area contributed by atoms with Gasteiger partial charge in [0.25, 0.3) is 5.91 Å². The summed E-state index contributed by atoms with van der Waals surface area (Å²) >= 11 is 0. The molecule has 1 aliphatic carbocycles. The predicted molar refractivity (Wildman–Crippen MR) is 100 cm³/mol. The van der Waals surface area contributed by atoms with E-state index >= 15 is 0 Å². The summed E-state index contributed by atoms with van der Waals surface area (Å²) in [6.45, 7) is 0.577. The van der Waals surface area contributed by atoms with Gasteiger partial charge in [0, 0.05) is 23.9 Å². The molecule has 0 radical (unpaired) electrons. The Morgan fingerprint density at radius 1 is 1.21 bits per heavy atom. The van der Waals surface area contributed by atoms with Crippen LogP contribution in [0.25, 0.3) is 0 Å². The lowest BCUT2D eigenvalue weighted by Gasteiger charge is -2.33. The van der Waals surface area contributed by atoms with Crippen molar-refractivity contribution in [3.8, 4) is 5.75 Å². The van der Waals surface area contributed by atoms with Crippen LogP contribution in [0.1, 0.15) is 34.3 Å². The summed E-state index contributed by atoms with van der Waals surface area (Å²) in [6, 6.07) is 9.77. The van der Waals surface area contributed by atoms with Crippen LogP contribution in [-0.2, 0) is 17.6 Å². The molecule has 2 N–H and O–H groups in total. The van der Waals surface area contributed by atoms with Crippen LogP contribution < -0.4 is 15.1 Å². The molecule has 28 heavy (non-hydrogen) atoms. The molecule has 1 heterocycles. The second kappa shape index (κ2) is 6.91. The third kappa shape index (κ3) is 2.92. The molecule has 1 spiro atoms. The lowest BCUT2D eigenvalue weighted by Crippen LogP contribution is -2.38. The summed E-state index contributed by atoms with van der Waals surface area (Å²) in [5, 5.41) is 8.80. The van der Waals surface area contributed by atoms with E-state index < -0.39 is 17.1 Å². The summed E-state index contributed by atoms with van der Waals surface area (Å²) in [5.41, 5.74) is 4.28. The van der Waals surface area contributed by atoms with Crippen molar-refractivity contribution in [3.05, 3.63) is 58.9 Å². The molecule has 2 aliphatic rings. The Hall–Kier alpha value is -2.93. The average Bonchev–Trinajstić information content (AvgIpc) is 3.03. The molecule has 2 aromatic carbocycles. The predicted octanol–water partition coefficient (Wildman–Crippen LogP) is 2.87. The number of hydrogen-bond acceptors (Lipinski definition) is 4. The second-order valence-corrected chi connectivity index (χ2v) is 7.41. The number of fused-ring (bicyclic) bond motifs is 1. The summed E-state index contributed by atoms with van der Waals surface area (Å²) in [4.78, 5) is 26.6. The molecule has 0 saturated carbocycles. The number of nitrogens with one attached hydrogen (secondary N) is 1. The standard InChI is InChI=1S/C21H21FN2O4/c1-28-18-11-16(4-5-17(18)22)24-9-8-21(20(24)26)7-6-13-10-14(19(25)23-27)2-3-15(13)12-21/h2-5,10-11,27H,6-9,12H2,1H3,(H,23,25)/t21-/m1/s1. The maximum Gasteiger partial charge on any atom is 0.274 e. The SMILES string of the molecule is COc1cc(N2CC[C@@]3(CCc4cc(C(=O)NO)ccc4C3)C2=O)ccc1F. The van der Waals surface area contributed by atoms with Gasteiger partial charge in [0.15, 0.2) is 11.6 Å². The first-order chi connectivity index (χ1) is 13.5. The normalized spacial score (nSPS) is 21.0. The Labute approximate surface area is 161 Å². The molecule has 6 nitrogen and oxygen atoms in total. The van der Waals surface area contributed by atoms with Crippen LogP contribution in [0.5, 0.6) is 5.75 Å². The van der Waals surface area contributed by atoms with Crippen LogP contribution in [0.3, 0.4) is 0 Å². The maximum atomic E-state index is 13.7. The second-order valence-electron chi connectivity index (χ2n) is 7.41. The van der Waals surface area contributed by atoms with Crippen molar-refractivity contribution >= 4 is 17.5 Å². The molecule has 1 saturated heterocycles. The highest BCUT2D eigenvalue weighted by Gasteiger charge is 2.48. The highest BCUT2D eigenvalue weighted by Crippen LogP contribution is 2.45. The first-order valence-corrected chi connectivity index (χ1v) is 9.19. The van der Waals surface area contributed by atoms with E-state index in [9.17, 15) is 14.0 Å². The lowest BCUT2D eigenvalue weighted by atomic mass is 9.70. The molecule has 0 aromatic heterocycles. The van der Waals surface area contributed by atoms with Crippen LogP contribution in [0.2, 0.25) is 0 Å². The first kappa shape index (κ1) is 18.4. The van der Waals surface area contributed by atoms with Gasteiger partial charge in [0.05, 0.1) is 12.5 Å². The minimum atomic E-state index is -0.545. The molecule has 7 heteroatoms. The zero-order valence-corrected chi connectivity index (χ0v) is 15.5. The lowest BCUT2D eigenvalue weighted by molar-refractivity contribution is -0.126. The van der Waals surface area contributed by atoms with Crippen molar-refractivity contribution in [1.29, 1.82) is 0 Å². The molecule has 146 valence electrons. The van der Waals surface area contributed by atoms with Crippen molar-refractivity contribution < 1.29 is 23.9 Å². The number of methoxy groups -OCH3 is 1. The van der Waals surface area contributed by atoms with Crippen molar-refractivity contribution in [2.24, 2.45) is 5.41 Å². The van der Waals surface area contributed by atoms with Crippen molar-refractivity contribution in [1.82, 2.24) is 5.48 Å². The molecule has 1 aliphatic heterocycles. The fourth-order valence-corrected chi connectivity index (χ4v) is 4.34. The van der Waals surface area contributed by atoms with E-state index in [1.807, 2.05) is 6.07 Å². The number of hydroxylamine groups is 1. The number of aryl methyl sites for hydroxylation is 1. The summed E-state index contributed by atoms with van der Waals surface area (Å²) in [6.07, 6.45) is 2.72. The summed E-state index contributed by atoms with van der Waals surface area (Å²) in [5.74, 6) is -0.836. The van der Waals surface area contributed by atoms with E-state index in [-0.39, 0.29) is 11.7 Å². The van der Waals surface area contributed by atoms with Gasteiger partial charge in [-0.1, -0.05) is 6.07 Å². The van der Waals surface area contributed by atoms with Gasteiger partial charge in [0.1, 0.15) is 0 Å². The van der Waals surface area contributed by atoms with Crippen LogP contribution in [0.15, 0.2) is 36.4 Å².